The average molecular weight is 328 g/mol. The van der Waals surface area contributed by atoms with Crippen molar-refractivity contribution < 1.29 is 4.74 Å². The highest BCUT2D eigenvalue weighted by molar-refractivity contribution is 7.71. The van der Waals surface area contributed by atoms with Crippen molar-refractivity contribution in [3.63, 3.8) is 0 Å². The Labute approximate surface area is 143 Å². The van der Waals surface area contributed by atoms with Crippen molar-refractivity contribution >= 4 is 25.4 Å². The van der Waals surface area contributed by atoms with Gasteiger partial charge in [-0.15, -0.1) is 0 Å². The van der Waals surface area contributed by atoms with Crippen molar-refractivity contribution in [2.24, 2.45) is 0 Å². The molecule has 1 aliphatic heterocycles. The van der Waals surface area contributed by atoms with Crippen LogP contribution in [0.15, 0.2) is 90.5 Å². The van der Waals surface area contributed by atoms with Crippen LogP contribution in [0.5, 0.6) is 11.5 Å². The summed E-state index contributed by atoms with van der Waals surface area (Å²) in [6.45, 7) is 0. The van der Waals surface area contributed by atoms with Crippen LogP contribution in [0.25, 0.3) is 12.2 Å². The van der Waals surface area contributed by atoms with Crippen molar-refractivity contribution in [2.75, 3.05) is 0 Å². The number of para-hydroxylation sites is 2. The van der Waals surface area contributed by atoms with Gasteiger partial charge in [0.05, 0.1) is 0 Å². The number of hydrogen-bond acceptors (Lipinski definition) is 1. The third kappa shape index (κ3) is 3.18. The Morgan fingerprint density at radius 2 is 1.04 bits per heavy atom. The maximum atomic E-state index is 6.16. The summed E-state index contributed by atoms with van der Waals surface area (Å²) < 4.78 is 6.16. The quantitative estimate of drug-likeness (QED) is 0.480. The Morgan fingerprint density at radius 1 is 0.542 bits per heavy atom. The Kier molecular flexibility index (Phi) is 4.27. The summed E-state index contributed by atoms with van der Waals surface area (Å²) in [5, 5.41) is 1.34. The molecule has 0 fully saturated rings. The highest BCUT2D eigenvalue weighted by Crippen LogP contribution is 2.42. The van der Waals surface area contributed by atoms with Crippen LogP contribution in [0, 0.1) is 0 Å². The Bertz CT molecular complexity index is 841. The zero-order valence-corrected chi connectivity index (χ0v) is 14.1. The van der Waals surface area contributed by atoms with E-state index in [4.69, 9.17) is 4.74 Å². The summed E-state index contributed by atoms with van der Waals surface area (Å²) in [6.07, 6.45) is 4.35. The lowest BCUT2D eigenvalue weighted by atomic mass is 10.2. The van der Waals surface area contributed by atoms with Crippen LogP contribution in [0.4, 0.5) is 0 Å². The van der Waals surface area contributed by atoms with E-state index in [1.807, 2.05) is 36.4 Å². The Balaban J connectivity index is 1.85. The lowest BCUT2D eigenvalue weighted by Gasteiger charge is -2.15. The maximum Gasteiger partial charge on any atom is 0.134 e. The molecule has 3 aromatic rings. The van der Waals surface area contributed by atoms with E-state index in [0.717, 1.165) is 22.6 Å². The molecule has 0 saturated heterocycles. The largest absolute Gasteiger partial charge is 0.456 e. The zero-order chi connectivity index (χ0) is 16.2. The van der Waals surface area contributed by atoms with E-state index < -0.39 is 7.92 Å². The minimum Gasteiger partial charge on any atom is -0.456 e. The smallest absolute Gasteiger partial charge is 0.134 e. The van der Waals surface area contributed by atoms with E-state index in [1.54, 1.807) is 0 Å². The van der Waals surface area contributed by atoms with Gasteiger partial charge in [0, 0.05) is 11.1 Å². The van der Waals surface area contributed by atoms with Crippen LogP contribution in [-0.2, 0) is 0 Å². The highest BCUT2D eigenvalue weighted by atomic mass is 31.1. The van der Waals surface area contributed by atoms with E-state index in [0.29, 0.717) is 0 Å². The minimum atomic E-state index is -0.505. The van der Waals surface area contributed by atoms with Gasteiger partial charge >= 0.3 is 0 Å². The van der Waals surface area contributed by atoms with Crippen molar-refractivity contribution in [1.29, 1.82) is 0 Å². The molecular formula is C22H17OP. The fourth-order valence-electron chi connectivity index (χ4n) is 2.68. The summed E-state index contributed by atoms with van der Waals surface area (Å²) in [4.78, 5) is 0. The molecule has 0 aromatic heterocycles. The fourth-order valence-corrected chi connectivity index (χ4v) is 4.29. The number of hydrogen-bond donors (Lipinski definition) is 0. The third-order valence-electron chi connectivity index (χ3n) is 3.94. The van der Waals surface area contributed by atoms with Gasteiger partial charge in [-0.05, 0) is 25.4 Å². The highest BCUT2D eigenvalue weighted by Gasteiger charge is 2.09. The predicted octanol–water partition coefficient (Wildman–Crippen LogP) is 6.24. The molecule has 1 aliphatic rings. The first-order valence-corrected chi connectivity index (χ1v) is 9.44. The summed E-state index contributed by atoms with van der Waals surface area (Å²) >= 11 is 0. The van der Waals surface area contributed by atoms with E-state index in [-0.39, 0.29) is 0 Å². The summed E-state index contributed by atoms with van der Waals surface area (Å²) in [5.41, 5.74) is 2.21. The van der Waals surface area contributed by atoms with Gasteiger partial charge in [-0.3, -0.25) is 0 Å². The molecule has 2 heteroatoms. The van der Waals surface area contributed by atoms with Crippen LogP contribution in [0.2, 0.25) is 0 Å². The summed E-state index contributed by atoms with van der Waals surface area (Å²) in [5.74, 6) is 6.35. The van der Waals surface area contributed by atoms with E-state index in [2.05, 4.69) is 66.3 Å². The van der Waals surface area contributed by atoms with Gasteiger partial charge in [0.15, 0.2) is 0 Å². The molecule has 0 spiro atoms. The normalized spacial score (nSPS) is 16.3. The molecule has 0 bridgehead atoms. The van der Waals surface area contributed by atoms with Gasteiger partial charge in [-0.1, -0.05) is 90.5 Å². The molecule has 1 heterocycles. The van der Waals surface area contributed by atoms with Gasteiger partial charge < -0.3 is 4.74 Å². The van der Waals surface area contributed by atoms with Crippen LogP contribution in [-0.4, -0.2) is 0 Å². The lowest BCUT2D eigenvalue weighted by molar-refractivity contribution is 0.480. The standard InChI is InChI=1S/C22H17OP/c1-2-10-20(11-3-1)24-16-14-18-8-4-6-12-21(18)23-22-13-7-5-9-19(22)15-17-24/h1-17H/b16-14-,17-15-. The lowest BCUT2D eigenvalue weighted by Crippen LogP contribution is -1.96. The van der Waals surface area contributed by atoms with Crippen LogP contribution >= 0.6 is 7.92 Å². The average Bonchev–Trinajstić information content (AvgIpc) is 2.65. The Morgan fingerprint density at radius 3 is 1.62 bits per heavy atom. The van der Waals surface area contributed by atoms with Gasteiger partial charge in [-0.2, -0.15) is 0 Å². The van der Waals surface area contributed by atoms with Gasteiger partial charge in [0.2, 0.25) is 0 Å². The molecule has 0 atom stereocenters. The monoisotopic (exact) mass is 328 g/mol. The number of ether oxygens (including phenoxy) is 1. The number of rotatable bonds is 1. The van der Waals surface area contributed by atoms with Crippen molar-refractivity contribution in [3.05, 3.63) is 102 Å². The minimum absolute atomic E-state index is 0.505. The fraction of sp³-hybridized carbons (Fsp3) is 0. The molecule has 0 saturated carbocycles. The van der Waals surface area contributed by atoms with E-state index in [9.17, 15) is 0 Å². The van der Waals surface area contributed by atoms with Crippen molar-refractivity contribution in [3.8, 4) is 11.5 Å². The first-order chi connectivity index (χ1) is 11.9. The number of benzene rings is 3. The van der Waals surface area contributed by atoms with Crippen LogP contribution in [0.1, 0.15) is 11.1 Å². The molecule has 3 aromatic carbocycles. The van der Waals surface area contributed by atoms with Crippen molar-refractivity contribution in [2.45, 2.75) is 0 Å². The molecule has 116 valence electrons. The third-order valence-corrected chi connectivity index (χ3v) is 5.78. The van der Waals surface area contributed by atoms with Crippen molar-refractivity contribution in [1.82, 2.24) is 0 Å². The maximum absolute atomic E-state index is 6.16. The Hall–Kier alpha value is -2.63. The van der Waals surface area contributed by atoms with Gasteiger partial charge in [0.25, 0.3) is 0 Å². The first kappa shape index (κ1) is 14.9. The van der Waals surface area contributed by atoms with Crippen LogP contribution in [0.3, 0.4) is 0 Å². The second kappa shape index (κ2) is 6.86. The molecule has 0 unspecified atom stereocenters. The predicted molar refractivity (Wildman–Crippen MR) is 104 cm³/mol. The van der Waals surface area contributed by atoms with E-state index >= 15 is 0 Å². The number of fused-ring (bicyclic) bond motifs is 2. The molecule has 4 rings (SSSR count). The second-order valence-corrected chi connectivity index (χ2v) is 7.48. The SMILES string of the molecule is C1=C\P(c2ccccc2)/C=C\c2ccccc2Oc2ccccc2/1. The second-order valence-electron chi connectivity index (χ2n) is 5.55. The first-order valence-electron chi connectivity index (χ1n) is 7.96. The molecule has 0 N–H and O–H groups in total. The molecule has 0 amide bonds. The molecule has 0 aliphatic carbocycles. The summed E-state index contributed by atoms with van der Waals surface area (Å²) in [7, 11) is -0.505. The molecular weight excluding hydrogens is 311 g/mol. The molecule has 24 heavy (non-hydrogen) atoms. The topological polar surface area (TPSA) is 9.23 Å². The van der Waals surface area contributed by atoms with E-state index in [1.165, 1.54) is 5.30 Å². The summed E-state index contributed by atoms with van der Waals surface area (Å²) in [6, 6.07) is 27.0. The van der Waals surface area contributed by atoms with Crippen LogP contribution < -0.4 is 10.0 Å². The molecule has 1 nitrogen and oxygen atoms in total. The van der Waals surface area contributed by atoms with Gasteiger partial charge in [-0.25, -0.2) is 0 Å². The van der Waals surface area contributed by atoms with Gasteiger partial charge in [0.1, 0.15) is 11.5 Å². The molecule has 0 radical (unpaired) electrons. The zero-order valence-electron chi connectivity index (χ0n) is 13.2.